The molecular weight excluding hydrogens is 310 g/mol. The van der Waals surface area contributed by atoms with Crippen molar-refractivity contribution in [2.45, 2.75) is 13.8 Å². The number of thiazole rings is 1. The van der Waals surface area contributed by atoms with Crippen LogP contribution in [0.1, 0.15) is 17.4 Å². The fraction of sp³-hybridized carbons (Fsp3) is 0.176. The molecule has 3 aromatic rings. The number of rotatable bonds is 3. The van der Waals surface area contributed by atoms with E-state index in [4.69, 9.17) is 5.10 Å². The van der Waals surface area contributed by atoms with Gasteiger partial charge in [-0.25, -0.2) is 4.68 Å². The Kier molecular flexibility index (Phi) is 4.36. The van der Waals surface area contributed by atoms with E-state index >= 15 is 0 Å². The van der Waals surface area contributed by atoms with Crippen LogP contribution in [-0.2, 0) is 0 Å². The molecule has 0 aliphatic heterocycles. The fourth-order valence-electron chi connectivity index (χ4n) is 2.15. The number of benzene rings is 1. The van der Waals surface area contributed by atoms with Crippen molar-refractivity contribution < 1.29 is 0 Å². The molecule has 112 valence electrons. The van der Waals surface area contributed by atoms with Crippen LogP contribution >= 0.6 is 22.7 Å². The Labute approximate surface area is 137 Å². The summed E-state index contributed by atoms with van der Waals surface area (Å²) in [6, 6.07) is 12.6. The summed E-state index contributed by atoms with van der Waals surface area (Å²) in [5.41, 5.74) is 4.47. The highest BCUT2D eigenvalue weighted by molar-refractivity contribution is 7.12. The van der Waals surface area contributed by atoms with Crippen LogP contribution in [0.25, 0.3) is 11.3 Å². The lowest BCUT2D eigenvalue weighted by Gasteiger charge is -2.05. The Morgan fingerprint density at radius 3 is 2.50 bits per heavy atom. The molecule has 0 unspecified atom stereocenters. The van der Waals surface area contributed by atoms with E-state index in [2.05, 4.69) is 53.0 Å². The summed E-state index contributed by atoms with van der Waals surface area (Å²) in [7, 11) is 1.80. The second-order valence-electron chi connectivity index (χ2n) is 4.97. The molecule has 0 saturated carbocycles. The molecule has 2 heterocycles. The predicted octanol–water partition coefficient (Wildman–Crippen LogP) is 4.39. The predicted molar refractivity (Wildman–Crippen MR) is 95.9 cm³/mol. The van der Waals surface area contributed by atoms with Crippen LogP contribution in [0.15, 0.2) is 57.3 Å². The minimum absolute atomic E-state index is 0.895. The number of nitrogens with zero attached hydrogens (tertiary/aromatic N) is 3. The van der Waals surface area contributed by atoms with E-state index in [-0.39, 0.29) is 0 Å². The maximum absolute atomic E-state index is 4.79. The molecule has 0 atom stereocenters. The molecule has 0 bridgehead atoms. The number of aryl methyl sites for hydroxylation is 1. The van der Waals surface area contributed by atoms with Gasteiger partial charge in [-0.3, -0.25) is 4.99 Å². The van der Waals surface area contributed by atoms with Crippen molar-refractivity contribution in [2.24, 2.45) is 10.1 Å². The molecule has 3 rings (SSSR count). The molecule has 0 radical (unpaired) electrons. The Morgan fingerprint density at radius 2 is 1.86 bits per heavy atom. The van der Waals surface area contributed by atoms with Crippen LogP contribution in [0.4, 0.5) is 0 Å². The zero-order valence-corrected chi connectivity index (χ0v) is 14.4. The summed E-state index contributed by atoms with van der Waals surface area (Å²) in [4.78, 5) is 6.42. The molecule has 0 N–H and O–H groups in total. The summed E-state index contributed by atoms with van der Waals surface area (Å²) >= 11 is 3.31. The maximum atomic E-state index is 4.79. The van der Waals surface area contributed by atoms with Gasteiger partial charge in [0.15, 0.2) is 0 Å². The summed E-state index contributed by atoms with van der Waals surface area (Å²) in [5, 5.41) is 8.97. The fourth-order valence-corrected chi connectivity index (χ4v) is 3.62. The molecule has 5 heteroatoms. The summed E-state index contributed by atoms with van der Waals surface area (Å²) < 4.78 is 1.93. The molecule has 0 aliphatic rings. The van der Waals surface area contributed by atoms with Gasteiger partial charge in [-0.2, -0.15) is 5.10 Å². The van der Waals surface area contributed by atoms with Gasteiger partial charge in [0.2, 0.25) is 4.80 Å². The Hall–Kier alpha value is -1.98. The average molecular weight is 327 g/mol. The first kappa shape index (κ1) is 14.9. The molecule has 0 saturated heterocycles. The summed E-state index contributed by atoms with van der Waals surface area (Å²) in [5.74, 6) is 0. The highest BCUT2D eigenvalue weighted by Gasteiger charge is 2.08. The van der Waals surface area contributed by atoms with Gasteiger partial charge in [-0.15, -0.1) is 22.7 Å². The number of hydrogen-bond donors (Lipinski definition) is 0. The zero-order valence-electron chi connectivity index (χ0n) is 12.8. The minimum atomic E-state index is 0.895. The average Bonchev–Trinajstić information content (AvgIpc) is 3.17. The first-order chi connectivity index (χ1) is 10.7. The minimum Gasteiger partial charge on any atom is -0.261 e. The van der Waals surface area contributed by atoms with E-state index in [1.165, 1.54) is 10.4 Å². The van der Waals surface area contributed by atoms with Crippen molar-refractivity contribution in [1.82, 2.24) is 4.68 Å². The Morgan fingerprint density at radius 1 is 1.09 bits per heavy atom. The molecule has 0 fully saturated rings. The number of aromatic nitrogens is 1. The third kappa shape index (κ3) is 2.96. The van der Waals surface area contributed by atoms with E-state index in [9.17, 15) is 0 Å². The van der Waals surface area contributed by atoms with Crippen LogP contribution in [0.5, 0.6) is 0 Å². The topological polar surface area (TPSA) is 29.6 Å². The quantitative estimate of drug-likeness (QED) is 0.639. The van der Waals surface area contributed by atoms with Gasteiger partial charge >= 0.3 is 0 Å². The van der Waals surface area contributed by atoms with E-state index in [0.29, 0.717) is 0 Å². The first-order valence-electron chi connectivity index (χ1n) is 6.99. The summed E-state index contributed by atoms with van der Waals surface area (Å²) in [6.07, 6.45) is 0. The molecular formula is C17H17N3S2. The van der Waals surface area contributed by atoms with Gasteiger partial charge in [0.25, 0.3) is 0 Å². The summed E-state index contributed by atoms with van der Waals surface area (Å²) in [6.45, 7) is 4.13. The molecule has 0 aliphatic carbocycles. The largest absolute Gasteiger partial charge is 0.261 e. The lowest BCUT2D eigenvalue weighted by molar-refractivity contribution is 0.842. The highest BCUT2D eigenvalue weighted by Crippen LogP contribution is 2.21. The van der Waals surface area contributed by atoms with Gasteiger partial charge < -0.3 is 0 Å². The van der Waals surface area contributed by atoms with Crippen LogP contribution in [0.3, 0.4) is 0 Å². The van der Waals surface area contributed by atoms with Crippen molar-refractivity contribution in [1.29, 1.82) is 0 Å². The maximum Gasteiger partial charge on any atom is 0.205 e. The smallest absolute Gasteiger partial charge is 0.205 e. The molecule has 1 aromatic carbocycles. The molecule has 2 aromatic heterocycles. The van der Waals surface area contributed by atoms with Crippen LogP contribution < -0.4 is 4.80 Å². The lowest BCUT2D eigenvalue weighted by Crippen LogP contribution is -2.13. The van der Waals surface area contributed by atoms with Gasteiger partial charge in [0, 0.05) is 18.0 Å². The van der Waals surface area contributed by atoms with E-state index < -0.39 is 0 Å². The number of thiophene rings is 1. The second-order valence-corrected chi connectivity index (χ2v) is 6.75. The number of hydrogen-bond acceptors (Lipinski definition) is 4. The first-order valence-corrected chi connectivity index (χ1v) is 8.75. The SMILES string of the molecule is CN=c1scc(-c2ccc(C)cc2)n1N=C(C)c1cccs1. The Bertz CT molecular complexity index is 850. The van der Waals surface area contributed by atoms with Crippen LogP contribution in [-0.4, -0.2) is 17.4 Å². The molecule has 0 spiro atoms. The van der Waals surface area contributed by atoms with Crippen molar-refractivity contribution >= 4 is 28.4 Å². The van der Waals surface area contributed by atoms with Gasteiger partial charge in [0.05, 0.1) is 16.3 Å². The van der Waals surface area contributed by atoms with Crippen LogP contribution in [0, 0.1) is 6.92 Å². The van der Waals surface area contributed by atoms with E-state index in [1.54, 1.807) is 29.7 Å². The van der Waals surface area contributed by atoms with E-state index in [0.717, 1.165) is 21.8 Å². The lowest BCUT2D eigenvalue weighted by atomic mass is 10.1. The standard InChI is InChI=1S/C17H17N3S2/c1-12-6-8-14(9-7-12)15-11-22-17(18-3)20(15)19-13(2)16-5-4-10-21-16/h4-11H,1-3H3. The second kappa shape index (κ2) is 6.42. The van der Waals surface area contributed by atoms with Crippen LogP contribution in [0.2, 0.25) is 0 Å². The zero-order chi connectivity index (χ0) is 15.5. The highest BCUT2D eigenvalue weighted by atomic mass is 32.1. The van der Waals surface area contributed by atoms with Gasteiger partial charge in [-0.1, -0.05) is 35.9 Å². The van der Waals surface area contributed by atoms with E-state index in [1.807, 2.05) is 17.7 Å². The van der Waals surface area contributed by atoms with Gasteiger partial charge in [-0.05, 0) is 25.3 Å². The van der Waals surface area contributed by atoms with Crippen molar-refractivity contribution in [2.75, 3.05) is 7.05 Å². The van der Waals surface area contributed by atoms with Gasteiger partial charge in [0.1, 0.15) is 0 Å². The third-order valence-electron chi connectivity index (χ3n) is 3.35. The monoisotopic (exact) mass is 327 g/mol. The van der Waals surface area contributed by atoms with Crippen molar-refractivity contribution in [3.05, 3.63) is 62.4 Å². The molecule has 3 nitrogen and oxygen atoms in total. The molecule has 0 amide bonds. The molecule has 22 heavy (non-hydrogen) atoms. The van der Waals surface area contributed by atoms with Crippen molar-refractivity contribution in [3.63, 3.8) is 0 Å². The Balaban J connectivity index is 2.12. The normalized spacial score (nSPS) is 12.9. The third-order valence-corrected chi connectivity index (χ3v) is 5.24. The van der Waals surface area contributed by atoms with Crippen molar-refractivity contribution in [3.8, 4) is 11.3 Å².